The molecule has 1 aliphatic rings. The van der Waals surface area contributed by atoms with Gasteiger partial charge < -0.3 is 20.5 Å². The van der Waals surface area contributed by atoms with Gasteiger partial charge in [-0.15, -0.1) is 0 Å². The molecule has 3 N–H and O–H groups in total. The van der Waals surface area contributed by atoms with Crippen molar-refractivity contribution in [1.29, 1.82) is 0 Å². The summed E-state index contributed by atoms with van der Waals surface area (Å²) in [6.45, 7) is 3.18. The SMILES string of the molecule is COC(=O)c1c(N)nsc1N1CCC(C)(O)CC1. The van der Waals surface area contributed by atoms with Crippen LogP contribution < -0.4 is 10.6 Å². The standard InChI is InChI=1S/C11H17N3O3S/c1-11(16)3-5-14(6-4-11)9-7(10(15)17-2)8(12)13-18-9/h16H,3-6H2,1-2H3,(H2,12,13). The molecule has 1 aromatic heterocycles. The molecule has 0 saturated carbocycles. The first kappa shape index (κ1) is 13.1. The van der Waals surface area contributed by atoms with E-state index in [4.69, 9.17) is 10.5 Å². The molecular formula is C11H17N3O3S. The van der Waals surface area contributed by atoms with Crippen LogP contribution in [0, 0.1) is 0 Å². The normalized spacial score (nSPS) is 18.7. The highest BCUT2D eigenvalue weighted by Crippen LogP contribution is 2.34. The molecule has 1 saturated heterocycles. The molecule has 0 aliphatic carbocycles. The average molecular weight is 271 g/mol. The van der Waals surface area contributed by atoms with Crippen LogP contribution in [0.4, 0.5) is 10.8 Å². The summed E-state index contributed by atoms with van der Waals surface area (Å²) < 4.78 is 8.73. The second kappa shape index (κ2) is 4.74. The van der Waals surface area contributed by atoms with E-state index in [0.29, 0.717) is 31.5 Å². The maximum absolute atomic E-state index is 11.7. The highest BCUT2D eigenvalue weighted by molar-refractivity contribution is 7.11. The molecule has 0 amide bonds. The zero-order valence-corrected chi connectivity index (χ0v) is 11.3. The number of nitrogens with zero attached hydrogens (tertiary/aromatic N) is 2. The summed E-state index contributed by atoms with van der Waals surface area (Å²) >= 11 is 1.19. The number of aromatic nitrogens is 1. The van der Waals surface area contributed by atoms with Crippen LogP contribution in [0.3, 0.4) is 0 Å². The Hall–Kier alpha value is -1.34. The zero-order chi connectivity index (χ0) is 13.3. The molecule has 2 heterocycles. The number of hydrogen-bond acceptors (Lipinski definition) is 7. The minimum Gasteiger partial charge on any atom is -0.465 e. The smallest absolute Gasteiger partial charge is 0.344 e. The van der Waals surface area contributed by atoms with Gasteiger partial charge in [-0.2, -0.15) is 4.37 Å². The topological polar surface area (TPSA) is 88.7 Å². The molecule has 1 fully saturated rings. The van der Waals surface area contributed by atoms with Crippen LogP contribution in [0.2, 0.25) is 0 Å². The number of rotatable bonds is 2. The van der Waals surface area contributed by atoms with E-state index < -0.39 is 11.6 Å². The Labute approximate surface area is 110 Å². The number of ether oxygens (including phenoxy) is 1. The summed E-state index contributed by atoms with van der Waals surface area (Å²) in [6.07, 6.45) is 1.32. The average Bonchev–Trinajstić information content (AvgIpc) is 2.70. The first-order valence-electron chi connectivity index (χ1n) is 5.75. The molecule has 0 spiro atoms. The van der Waals surface area contributed by atoms with Gasteiger partial charge >= 0.3 is 5.97 Å². The number of anilines is 2. The maximum Gasteiger partial charge on any atom is 0.344 e. The number of piperidine rings is 1. The van der Waals surface area contributed by atoms with Crippen molar-refractivity contribution >= 4 is 28.3 Å². The molecule has 0 unspecified atom stereocenters. The lowest BCUT2D eigenvalue weighted by Gasteiger charge is -2.36. The van der Waals surface area contributed by atoms with E-state index in [1.165, 1.54) is 18.6 Å². The zero-order valence-electron chi connectivity index (χ0n) is 10.5. The number of nitrogen functional groups attached to an aromatic ring is 1. The van der Waals surface area contributed by atoms with Gasteiger partial charge in [0.15, 0.2) is 5.82 Å². The fraction of sp³-hybridized carbons (Fsp3) is 0.636. The predicted molar refractivity (Wildman–Crippen MR) is 69.9 cm³/mol. The van der Waals surface area contributed by atoms with Gasteiger partial charge in [-0.1, -0.05) is 0 Å². The third-order valence-corrected chi connectivity index (χ3v) is 4.14. The van der Waals surface area contributed by atoms with Crippen molar-refractivity contribution in [1.82, 2.24) is 4.37 Å². The predicted octanol–water partition coefficient (Wildman–Crippen LogP) is 0.863. The maximum atomic E-state index is 11.7. The second-order valence-electron chi connectivity index (χ2n) is 4.72. The van der Waals surface area contributed by atoms with Gasteiger partial charge in [0.2, 0.25) is 0 Å². The number of carbonyl (C=O) groups excluding carboxylic acids is 1. The number of hydrogen-bond donors (Lipinski definition) is 2. The summed E-state index contributed by atoms with van der Waals surface area (Å²) in [5.41, 5.74) is 5.41. The van der Waals surface area contributed by atoms with E-state index in [9.17, 15) is 9.90 Å². The van der Waals surface area contributed by atoms with Gasteiger partial charge in [0.1, 0.15) is 10.6 Å². The van der Waals surface area contributed by atoms with Gasteiger partial charge in [-0.3, -0.25) is 0 Å². The van der Waals surface area contributed by atoms with Crippen LogP contribution in [0.5, 0.6) is 0 Å². The summed E-state index contributed by atoms with van der Waals surface area (Å²) in [7, 11) is 1.32. The lowest BCUT2D eigenvalue weighted by molar-refractivity contribution is 0.0352. The van der Waals surface area contributed by atoms with Crippen molar-refractivity contribution in [2.45, 2.75) is 25.4 Å². The van der Waals surface area contributed by atoms with Gasteiger partial charge in [0.05, 0.1) is 12.7 Å². The quantitative estimate of drug-likeness (QED) is 0.776. The number of nitrogens with two attached hydrogens (primary N) is 1. The lowest BCUT2D eigenvalue weighted by Crippen LogP contribution is -2.42. The summed E-state index contributed by atoms with van der Waals surface area (Å²) in [6, 6.07) is 0. The molecule has 0 bridgehead atoms. The Morgan fingerprint density at radius 3 is 2.72 bits per heavy atom. The van der Waals surface area contributed by atoms with Crippen molar-refractivity contribution in [3.05, 3.63) is 5.56 Å². The fourth-order valence-corrected chi connectivity index (χ4v) is 2.85. The van der Waals surface area contributed by atoms with Crippen molar-refractivity contribution in [2.75, 3.05) is 30.8 Å². The summed E-state index contributed by atoms with van der Waals surface area (Å²) in [5, 5.41) is 10.6. The Morgan fingerprint density at radius 2 is 2.17 bits per heavy atom. The van der Waals surface area contributed by atoms with Crippen molar-refractivity contribution < 1.29 is 14.6 Å². The fourth-order valence-electron chi connectivity index (χ4n) is 1.99. The van der Waals surface area contributed by atoms with Crippen LogP contribution in [-0.4, -0.2) is 41.2 Å². The van der Waals surface area contributed by atoms with Crippen LogP contribution in [0.15, 0.2) is 0 Å². The van der Waals surface area contributed by atoms with Crippen molar-refractivity contribution in [2.24, 2.45) is 0 Å². The third-order valence-electron chi connectivity index (χ3n) is 3.22. The molecule has 0 radical (unpaired) electrons. The van der Waals surface area contributed by atoms with Crippen LogP contribution in [0.25, 0.3) is 0 Å². The molecule has 100 valence electrons. The van der Waals surface area contributed by atoms with Gasteiger partial charge in [-0.25, -0.2) is 4.79 Å². The Bertz CT molecular complexity index is 448. The van der Waals surface area contributed by atoms with Crippen molar-refractivity contribution in [3.8, 4) is 0 Å². The summed E-state index contributed by atoms with van der Waals surface area (Å²) in [5.74, 6) is -0.257. The van der Waals surface area contributed by atoms with E-state index in [2.05, 4.69) is 4.37 Å². The number of esters is 1. The van der Waals surface area contributed by atoms with Gasteiger partial charge in [-0.05, 0) is 31.3 Å². The molecule has 2 rings (SSSR count). The first-order valence-corrected chi connectivity index (χ1v) is 6.53. The lowest BCUT2D eigenvalue weighted by atomic mass is 9.94. The van der Waals surface area contributed by atoms with E-state index in [1.54, 1.807) is 0 Å². The molecule has 0 atom stereocenters. The highest BCUT2D eigenvalue weighted by atomic mass is 32.1. The third kappa shape index (κ3) is 2.41. The number of aliphatic hydroxyl groups is 1. The monoisotopic (exact) mass is 271 g/mol. The second-order valence-corrected chi connectivity index (χ2v) is 5.48. The molecule has 0 aromatic carbocycles. The van der Waals surface area contributed by atoms with E-state index in [-0.39, 0.29) is 5.82 Å². The van der Waals surface area contributed by atoms with Gasteiger partial charge in [0, 0.05) is 13.1 Å². The van der Waals surface area contributed by atoms with Crippen LogP contribution in [0.1, 0.15) is 30.1 Å². The Balaban J connectivity index is 2.22. The van der Waals surface area contributed by atoms with E-state index in [1.807, 2.05) is 11.8 Å². The first-order chi connectivity index (χ1) is 8.44. The van der Waals surface area contributed by atoms with E-state index >= 15 is 0 Å². The molecule has 6 nitrogen and oxygen atoms in total. The summed E-state index contributed by atoms with van der Waals surface area (Å²) in [4.78, 5) is 13.7. The molecule has 1 aliphatic heterocycles. The largest absolute Gasteiger partial charge is 0.465 e. The Kier molecular flexibility index (Phi) is 3.45. The van der Waals surface area contributed by atoms with Crippen molar-refractivity contribution in [3.63, 3.8) is 0 Å². The molecule has 7 heteroatoms. The Morgan fingerprint density at radius 1 is 1.56 bits per heavy atom. The minimum atomic E-state index is -0.627. The van der Waals surface area contributed by atoms with Gasteiger partial charge in [0.25, 0.3) is 0 Å². The highest BCUT2D eigenvalue weighted by Gasteiger charge is 2.31. The number of carbonyl (C=O) groups is 1. The molecule has 1 aromatic rings. The van der Waals surface area contributed by atoms with Crippen LogP contribution in [-0.2, 0) is 4.74 Å². The molecular weight excluding hydrogens is 254 g/mol. The van der Waals surface area contributed by atoms with Crippen LogP contribution >= 0.6 is 11.5 Å². The minimum absolute atomic E-state index is 0.208. The van der Waals surface area contributed by atoms with E-state index in [0.717, 1.165) is 5.00 Å². The molecule has 18 heavy (non-hydrogen) atoms. The number of methoxy groups -OCH3 is 1.